The van der Waals surface area contributed by atoms with Gasteiger partial charge < -0.3 is 10.1 Å². The predicted octanol–water partition coefficient (Wildman–Crippen LogP) is 3.29. The molecule has 132 valence electrons. The molecule has 0 spiro atoms. The Morgan fingerprint density at radius 1 is 1.29 bits per heavy atom. The van der Waals surface area contributed by atoms with Crippen LogP contribution in [0.15, 0.2) is 35.2 Å². The van der Waals surface area contributed by atoms with Crippen molar-refractivity contribution in [2.24, 2.45) is 0 Å². The second-order valence-electron chi connectivity index (χ2n) is 6.78. The molecule has 6 heteroatoms. The summed E-state index contributed by atoms with van der Waals surface area (Å²) < 4.78 is 5.39. The van der Waals surface area contributed by atoms with Crippen LogP contribution in [-0.2, 0) is 9.53 Å². The lowest BCUT2D eigenvalue weighted by atomic mass is 10.2. The first-order valence-corrected chi connectivity index (χ1v) is 9.30. The zero-order valence-corrected chi connectivity index (χ0v) is 15.4. The molecule has 1 saturated heterocycles. The maximum atomic E-state index is 12.4. The van der Waals surface area contributed by atoms with Crippen LogP contribution in [0, 0.1) is 0 Å². The van der Waals surface area contributed by atoms with Crippen molar-refractivity contribution < 1.29 is 14.3 Å². The topological polar surface area (TPSA) is 58.6 Å². The Bertz CT molecular complexity index is 557. The van der Waals surface area contributed by atoms with Gasteiger partial charge >= 0.3 is 6.09 Å². The van der Waals surface area contributed by atoms with Crippen molar-refractivity contribution in [3.05, 3.63) is 30.3 Å². The predicted molar refractivity (Wildman–Crippen MR) is 96.1 cm³/mol. The summed E-state index contributed by atoms with van der Waals surface area (Å²) in [5.74, 6) is 0.710. The van der Waals surface area contributed by atoms with Gasteiger partial charge in [0, 0.05) is 23.7 Å². The molecule has 1 aliphatic rings. The number of benzene rings is 1. The first-order valence-electron chi connectivity index (χ1n) is 8.32. The van der Waals surface area contributed by atoms with E-state index in [4.69, 9.17) is 4.74 Å². The minimum absolute atomic E-state index is 0.0907. The fourth-order valence-corrected chi connectivity index (χ4v) is 3.35. The average Bonchev–Trinajstić information content (AvgIpc) is 3.00. The van der Waals surface area contributed by atoms with Crippen molar-refractivity contribution in [3.8, 4) is 0 Å². The maximum Gasteiger partial charge on any atom is 0.410 e. The molecule has 1 atom stereocenters. The monoisotopic (exact) mass is 350 g/mol. The molecule has 0 bridgehead atoms. The Hall–Kier alpha value is -1.69. The molecular formula is C18H26N2O3S. The Kier molecular flexibility index (Phi) is 6.54. The van der Waals surface area contributed by atoms with Gasteiger partial charge in [-0.15, -0.1) is 11.8 Å². The first-order chi connectivity index (χ1) is 11.4. The molecule has 0 aliphatic carbocycles. The molecule has 2 rings (SSSR count). The normalized spacial score (nSPS) is 17.6. The third-order valence-corrected chi connectivity index (χ3v) is 4.61. The highest BCUT2D eigenvalue weighted by molar-refractivity contribution is 7.99. The summed E-state index contributed by atoms with van der Waals surface area (Å²) in [6.45, 7) is 6.65. The number of amides is 2. The molecule has 1 N–H and O–H groups in total. The van der Waals surface area contributed by atoms with Crippen molar-refractivity contribution in [1.82, 2.24) is 10.2 Å². The quantitative estimate of drug-likeness (QED) is 0.654. The van der Waals surface area contributed by atoms with Crippen LogP contribution in [-0.4, -0.2) is 47.4 Å². The highest BCUT2D eigenvalue weighted by atomic mass is 32.2. The lowest BCUT2D eigenvalue weighted by molar-refractivity contribution is -0.125. The largest absolute Gasteiger partial charge is 0.444 e. The van der Waals surface area contributed by atoms with Gasteiger partial charge in [0.25, 0.3) is 0 Å². The molecule has 1 unspecified atom stereocenters. The second-order valence-corrected chi connectivity index (χ2v) is 7.95. The van der Waals surface area contributed by atoms with E-state index in [1.54, 1.807) is 16.7 Å². The smallest absolute Gasteiger partial charge is 0.410 e. The number of nitrogens with zero attached hydrogens (tertiary/aromatic N) is 1. The number of carbonyl (C=O) groups excluding carboxylic acids is 2. The van der Waals surface area contributed by atoms with E-state index in [0.29, 0.717) is 19.5 Å². The first kappa shape index (κ1) is 18.6. The standard InChI is InChI=1S/C18H26N2O3S/c1-18(2,3)23-17(22)20-12-7-10-15(20)16(21)19-11-13-24-14-8-5-4-6-9-14/h4-6,8-9,15H,7,10-13H2,1-3H3,(H,19,21). The molecule has 5 nitrogen and oxygen atoms in total. The van der Waals surface area contributed by atoms with Crippen LogP contribution in [0.1, 0.15) is 33.6 Å². The fraction of sp³-hybridized carbons (Fsp3) is 0.556. The van der Waals surface area contributed by atoms with Crippen molar-refractivity contribution in [1.29, 1.82) is 0 Å². The summed E-state index contributed by atoms with van der Waals surface area (Å²) in [4.78, 5) is 27.3. The molecular weight excluding hydrogens is 324 g/mol. The molecule has 0 saturated carbocycles. The Labute approximate surface area is 148 Å². The second kappa shape index (κ2) is 8.42. The number of hydrogen-bond acceptors (Lipinski definition) is 4. The van der Waals surface area contributed by atoms with E-state index in [1.165, 1.54) is 4.90 Å². The number of likely N-dealkylation sites (tertiary alicyclic amines) is 1. The number of nitrogens with one attached hydrogen (secondary N) is 1. The molecule has 24 heavy (non-hydrogen) atoms. The summed E-state index contributed by atoms with van der Waals surface area (Å²) in [6.07, 6.45) is 1.12. The number of rotatable bonds is 5. The van der Waals surface area contributed by atoms with E-state index < -0.39 is 17.7 Å². The molecule has 1 aromatic carbocycles. The minimum atomic E-state index is -0.549. The van der Waals surface area contributed by atoms with Gasteiger partial charge in [-0.25, -0.2) is 4.79 Å². The zero-order chi connectivity index (χ0) is 17.6. The summed E-state index contributed by atoms with van der Waals surface area (Å²) >= 11 is 1.70. The lowest BCUT2D eigenvalue weighted by Gasteiger charge is -2.28. The molecule has 2 amide bonds. The highest BCUT2D eigenvalue weighted by Crippen LogP contribution is 2.21. The van der Waals surface area contributed by atoms with Gasteiger partial charge in [-0.3, -0.25) is 9.69 Å². The molecule has 1 aromatic rings. The number of hydrogen-bond donors (Lipinski definition) is 1. The van der Waals surface area contributed by atoms with Crippen molar-refractivity contribution in [2.75, 3.05) is 18.8 Å². The van der Waals surface area contributed by atoms with Crippen LogP contribution in [0.2, 0.25) is 0 Å². The van der Waals surface area contributed by atoms with Gasteiger partial charge in [-0.2, -0.15) is 0 Å². The Morgan fingerprint density at radius 3 is 2.67 bits per heavy atom. The Morgan fingerprint density at radius 2 is 2.00 bits per heavy atom. The minimum Gasteiger partial charge on any atom is -0.444 e. The van der Waals surface area contributed by atoms with Gasteiger partial charge in [0.1, 0.15) is 11.6 Å². The Balaban J connectivity index is 1.77. The molecule has 1 heterocycles. The third-order valence-electron chi connectivity index (χ3n) is 3.60. The third kappa shape index (κ3) is 5.74. The molecule has 1 aliphatic heterocycles. The van der Waals surface area contributed by atoms with Gasteiger partial charge in [0.15, 0.2) is 0 Å². The van der Waals surface area contributed by atoms with Crippen LogP contribution in [0.5, 0.6) is 0 Å². The van der Waals surface area contributed by atoms with E-state index in [2.05, 4.69) is 5.32 Å². The van der Waals surface area contributed by atoms with E-state index >= 15 is 0 Å². The molecule has 1 fully saturated rings. The van der Waals surface area contributed by atoms with E-state index in [1.807, 2.05) is 51.1 Å². The van der Waals surface area contributed by atoms with Crippen LogP contribution in [0.4, 0.5) is 4.79 Å². The number of ether oxygens (including phenoxy) is 1. The number of carbonyl (C=O) groups is 2. The number of thioether (sulfide) groups is 1. The molecule has 0 radical (unpaired) electrons. The van der Waals surface area contributed by atoms with Gasteiger partial charge in [-0.1, -0.05) is 18.2 Å². The maximum absolute atomic E-state index is 12.4. The van der Waals surface area contributed by atoms with Gasteiger partial charge in [0.2, 0.25) is 5.91 Å². The summed E-state index contributed by atoms with van der Waals surface area (Å²) in [7, 11) is 0. The average molecular weight is 350 g/mol. The van der Waals surface area contributed by atoms with Crippen molar-refractivity contribution in [2.45, 2.75) is 50.2 Å². The van der Waals surface area contributed by atoms with E-state index in [-0.39, 0.29) is 5.91 Å². The van der Waals surface area contributed by atoms with Crippen LogP contribution in [0.3, 0.4) is 0 Å². The molecule has 0 aromatic heterocycles. The van der Waals surface area contributed by atoms with Crippen LogP contribution in [0.25, 0.3) is 0 Å². The SMILES string of the molecule is CC(C)(C)OC(=O)N1CCCC1C(=O)NCCSc1ccccc1. The lowest BCUT2D eigenvalue weighted by Crippen LogP contribution is -2.47. The summed E-state index contributed by atoms with van der Waals surface area (Å²) in [5, 5.41) is 2.93. The summed E-state index contributed by atoms with van der Waals surface area (Å²) in [6, 6.07) is 9.66. The van der Waals surface area contributed by atoms with Crippen molar-refractivity contribution >= 4 is 23.8 Å². The van der Waals surface area contributed by atoms with E-state index in [9.17, 15) is 9.59 Å². The highest BCUT2D eigenvalue weighted by Gasteiger charge is 2.36. The van der Waals surface area contributed by atoms with Crippen LogP contribution < -0.4 is 5.32 Å². The van der Waals surface area contributed by atoms with Crippen molar-refractivity contribution in [3.63, 3.8) is 0 Å². The summed E-state index contributed by atoms with van der Waals surface area (Å²) in [5.41, 5.74) is -0.549. The zero-order valence-electron chi connectivity index (χ0n) is 14.6. The van der Waals surface area contributed by atoms with Crippen LogP contribution >= 0.6 is 11.8 Å². The fourth-order valence-electron chi connectivity index (χ4n) is 2.56. The van der Waals surface area contributed by atoms with Gasteiger partial charge in [-0.05, 0) is 45.7 Å². The van der Waals surface area contributed by atoms with E-state index in [0.717, 1.165) is 12.2 Å². The van der Waals surface area contributed by atoms with Gasteiger partial charge in [0.05, 0.1) is 0 Å².